The van der Waals surface area contributed by atoms with Crippen LogP contribution in [0.3, 0.4) is 0 Å². The largest absolute Gasteiger partial charge is 0.497 e. The van der Waals surface area contributed by atoms with E-state index in [4.69, 9.17) is 4.74 Å². The maximum atomic E-state index is 15.3. The molecule has 35 heavy (non-hydrogen) atoms. The van der Waals surface area contributed by atoms with Crippen LogP contribution in [0, 0.1) is 35.3 Å². The monoisotopic (exact) mass is 482 g/mol. The minimum absolute atomic E-state index is 0.00257. The van der Waals surface area contributed by atoms with E-state index in [-0.39, 0.29) is 24.0 Å². The van der Waals surface area contributed by atoms with Crippen LogP contribution in [0.4, 0.5) is 13.2 Å². The first-order valence-corrected chi connectivity index (χ1v) is 11.8. The number of pyridine rings is 1. The first-order valence-electron chi connectivity index (χ1n) is 11.8. The van der Waals surface area contributed by atoms with Gasteiger partial charge in [0.15, 0.2) is 0 Å². The lowest BCUT2D eigenvalue weighted by Gasteiger charge is -2.37. The molecule has 184 valence electrons. The molecule has 1 aliphatic heterocycles. The molecule has 3 aromatic rings. The zero-order valence-corrected chi connectivity index (χ0v) is 19.7. The Balaban J connectivity index is 1.35. The van der Waals surface area contributed by atoms with Crippen molar-refractivity contribution in [3.05, 3.63) is 71.4 Å². The molecule has 0 radical (unpaired) electrons. The fraction of sp³-hybridized carbons (Fsp3) is 0.393. The number of alkyl halides is 1. The summed E-state index contributed by atoms with van der Waals surface area (Å²) in [6, 6.07) is 10.8. The van der Waals surface area contributed by atoms with Gasteiger partial charge in [-0.2, -0.15) is 0 Å². The van der Waals surface area contributed by atoms with E-state index in [2.05, 4.69) is 21.7 Å². The third-order valence-corrected chi connectivity index (χ3v) is 6.80. The zero-order valence-electron chi connectivity index (χ0n) is 19.7. The molecule has 0 amide bonds. The van der Waals surface area contributed by atoms with E-state index in [0.29, 0.717) is 37.2 Å². The number of methoxy groups -OCH3 is 1. The van der Waals surface area contributed by atoms with E-state index in [1.165, 1.54) is 18.2 Å². The van der Waals surface area contributed by atoms with E-state index in [1.54, 1.807) is 19.4 Å². The Morgan fingerprint density at radius 1 is 1.17 bits per heavy atom. The number of nitrogens with zero attached hydrogens (tertiary/aromatic N) is 2. The molecule has 0 bridgehead atoms. The van der Waals surface area contributed by atoms with Gasteiger partial charge in [0.1, 0.15) is 23.6 Å². The van der Waals surface area contributed by atoms with Crippen molar-refractivity contribution in [2.24, 2.45) is 11.8 Å². The number of rotatable bonds is 7. The van der Waals surface area contributed by atoms with Gasteiger partial charge >= 0.3 is 0 Å². The fourth-order valence-electron chi connectivity index (χ4n) is 4.81. The van der Waals surface area contributed by atoms with Crippen LogP contribution in [0.2, 0.25) is 0 Å². The van der Waals surface area contributed by atoms with Crippen molar-refractivity contribution in [2.75, 3.05) is 33.4 Å². The number of likely N-dealkylation sites (tertiary alicyclic amines) is 1. The molecule has 1 fully saturated rings. The second kappa shape index (κ2) is 11.6. The number of aliphatic hydroxyl groups is 1. The topological polar surface area (TPSA) is 45.6 Å². The van der Waals surface area contributed by atoms with E-state index in [1.807, 2.05) is 18.2 Å². The van der Waals surface area contributed by atoms with E-state index in [0.717, 1.165) is 23.9 Å². The number of fused-ring (bicyclic) bond motifs is 1. The van der Waals surface area contributed by atoms with Crippen molar-refractivity contribution in [3.8, 4) is 17.6 Å². The van der Waals surface area contributed by atoms with Gasteiger partial charge in [-0.15, -0.1) is 0 Å². The molecular formula is C28H29F3N2O2. The predicted molar refractivity (Wildman–Crippen MR) is 130 cm³/mol. The summed E-state index contributed by atoms with van der Waals surface area (Å²) in [5, 5.41) is 10.7. The van der Waals surface area contributed by atoms with Crippen molar-refractivity contribution < 1.29 is 23.0 Å². The molecule has 2 heterocycles. The molecule has 0 spiro atoms. The van der Waals surface area contributed by atoms with Crippen LogP contribution in [0.15, 0.2) is 48.7 Å². The summed E-state index contributed by atoms with van der Waals surface area (Å²) >= 11 is 0. The normalized spacial score (nSPS) is 19.2. The molecule has 1 unspecified atom stereocenters. The van der Waals surface area contributed by atoms with Crippen LogP contribution < -0.4 is 4.74 Å². The fourth-order valence-corrected chi connectivity index (χ4v) is 4.81. The summed E-state index contributed by atoms with van der Waals surface area (Å²) in [7, 11) is 1.58. The Kier molecular flexibility index (Phi) is 8.27. The number of aliphatic hydroxyl groups excluding tert-OH is 1. The summed E-state index contributed by atoms with van der Waals surface area (Å²) in [4.78, 5) is 6.39. The van der Waals surface area contributed by atoms with Crippen molar-refractivity contribution in [1.82, 2.24) is 9.88 Å². The highest BCUT2D eigenvalue weighted by Crippen LogP contribution is 2.35. The van der Waals surface area contributed by atoms with Crippen LogP contribution >= 0.6 is 0 Å². The summed E-state index contributed by atoms with van der Waals surface area (Å²) in [6.45, 7) is 1.71. The third-order valence-electron chi connectivity index (χ3n) is 6.80. The second-order valence-corrected chi connectivity index (χ2v) is 8.95. The van der Waals surface area contributed by atoms with Crippen molar-refractivity contribution >= 4 is 10.9 Å². The summed E-state index contributed by atoms with van der Waals surface area (Å²) < 4.78 is 48.1. The Morgan fingerprint density at radius 2 is 1.97 bits per heavy atom. The lowest BCUT2D eigenvalue weighted by atomic mass is 9.81. The van der Waals surface area contributed by atoms with Gasteiger partial charge in [-0.3, -0.25) is 9.88 Å². The minimum atomic E-state index is -1.15. The molecule has 1 saturated heterocycles. The number of hydrogen-bond acceptors (Lipinski definition) is 4. The number of piperidine rings is 1. The van der Waals surface area contributed by atoms with Gasteiger partial charge in [0.25, 0.3) is 0 Å². The van der Waals surface area contributed by atoms with E-state index >= 15 is 4.39 Å². The van der Waals surface area contributed by atoms with Gasteiger partial charge in [0, 0.05) is 24.7 Å². The molecule has 0 saturated carbocycles. The highest BCUT2D eigenvalue weighted by Gasteiger charge is 2.29. The van der Waals surface area contributed by atoms with Crippen molar-refractivity contribution in [2.45, 2.75) is 25.4 Å². The van der Waals surface area contributed by atoms with Gasteiger partial charge < -0.3 is 9.84 Å². The second-order valence-electron chi connectivity index (χ2n) is 8.95. The van der Waals surface area contributed by atoms with Gasteiger partial charge in [0.2, 0.25) is 0 Å². The number of halogens is 3. The van der Waals surface area contributed by atoms with Crippen LogP contribution in [0.25, 0.3) is 10.9 Å². The zero-order chi connectivity index (χ0) is 24.8. The van der Waals surface area contributed by atoms with Crippen molar-refractivity contribution in [3.63, 3.8) is 0 Å². The Hall–Kier alpha value is -3.08. The molecule has 4 nitrogen and oxygen atoms in total. The number of ether oxygens (including phenoxy) is 1. The Morgan fingerprint density at radius 3 is 2.71 bits per heavy atom. The summed E-state index contributed by atoms with van der Waals surface area (Å²) in [5.74, 6) is 4.93. The molecule has 4 rings (SSSR count). The first kappa shape index (κ1) is 25.0. The van der Waals surface area contributed by atoms with Gasteiger partial charge in [-0.1, -0.05) is 17.9 Å². The maximum absolute atomic E-state index is 15.3. The van der Waals surface area contributed by atoms with Crippen molar-refractivity contribution in [1.29, 1.82) is 0 Å². The highest BCUT2D eigenvalue weighted by atomic mass is 19.1. The molecule has 2 aromatic carbocycles. The average molecular weight is 483 g/mol. The van der Waals surface area contributed by atoms with Crippen LogP contribution in [0.1, 0.15) is 36.6 Å². The quantitative estimate of drug-likeness (QED) is 0.465. The first-order chi connectivity index (χ1) is 17.0. The van der Waals surface area contributed by atoms with Gasteiger partial charge in [0.05, 0.1) is 24.7 Å². The SMILES string of the molecule is COc1ccc2nccc(C(F)CC[C@@H]3CCN(CC#Cc4c(F)cccc4F)C[C@@H]3CO)c2c1. The number of benzene rings is 2. The van der Waals surface area contributed by atoms with Gasteiger partial charge in [-0.25, -0.2) is 13.2 Å². The Bertz CT molecular complexity index is 1200. The van der Waals surface area contributed by atoms with Crippen LogP contribution in [-0.2, 0) is 0 Å². The molecule has 1 N–H and O–H groups in total. The highest BCUT2D eigenvalue weighted by molar-refractivity contribution is 5.83. The van der Waals surface area contributed by atoms with Gasteiger partial charge in [-0.05, 0) is 79.6 Å². The minimum Gasteiger partial charge on any atom is -0.497 e. The molecule has 7 heteroatoms. The Labute approximate surface area is 203 Å². The predicted octanol–water partition coefficient (Wildman–Crippen LogP) is 5.29. The third kappa shape index (κ3) is 5.95. The number of aromatic nitrogens is 1. The molecule has 0 aliphatic carbocycles. The standard InChI is InChI=1S/C28H29F3N2O2/c1-35-21-8-10-28-24(16-21)22(11-13-32-28)27(31)9-7-19-12-15-33(17-20(19)18-34)14-3-4-23-25(29)5-2-6-26(23)30/h2,5-6,8,10-11,13,16,19-20,27,34H,7,9,12,14-15,17-18H2,1H3/t19-,20-,27?/m1/s1. The van der Waals surface area contributed by atoms with Crippen LogP contribution in [-0.4, -0.2) is 48.3 Å². The maximum Gasteiger partial charge on any atom is 0.141 e. The molecular weight excluding hydrogens is 453 g/mol. The lowest BCUT2D eigenvalue weighted by molar-refractivity contribution is 0.0708. The lowest BCUT2D eigenvalue weighted by Crippen LogP contribution is -2.42. The van der Waals surface area contributed by atoms with Crippen LogP contribution in [0.5, 0.6) is 5.75 Å². The molecule has 1 aliphatic rings. The number of hydrogen-bond donors (Lipinski definition) is 1. The summed E-state index contributed by atoms with van der Waals surface area (Å²) in [6.07, 6.45) is 2.29. The summed E-state index contributed by atoms with van der Waals surface area (Å²) in [5.41, 5.74) is 1.10. The van der Waals surface area contributed by atoms with E-state index in [9.17, 15) is 13.9 Å². The van der Waals surface area contributed by atoms with E-state index < -0.39 is 17.8 Å². The molecule has 1 aromatic heterocycles. The molecule has 3 atom stereocenters. The average Bonchev–Trinajstić information content (AvgIpc) is 2.88. The smallest absolute Gasteiger partial charge is 0.141 e.